The van der Waals surface area contributed by atoms with E-state index in [1.807, 2.05) is 0 Å². The van der Waals surface area contributed by atoms with Gasteiger partial charge in [0.25, 0.3) is 5.91 Å². The molecule has 2 fully saturated rings. The smallest absolute Gasteiger partial charge is 0.325 e. The van der Waals surface area contributed by atoms with Crippen LogP contribution in [0, 0.1) is 0 Å². The molecular formula is C10H16N4O3. The molecule has 1 unspecified atom stereocenters. The Kier molecular flexibility index (Phi) is 2.78. The highest BCUT2D eigenvalue weighted by molar-refractivity contribution is 6.09. The first-order chi connectivity index (χ1) is 7.96. The summed E-state index contributed by atoms with van der Waals surface area (Å²) in [5.41, 5.74) is -0.830. The predicted molar refractivity (Wildman–Crippen MR) is 59.2 cm³/mol. The molecule has 0 aromatic carbocycles. The number of amides is 4. The lowest BCUT2D eigenvalue weighted by atomic mass is 9.99. The molecule has 0 aromatic rings. The Morgan fingerprint density at radius 3 is 2.71 bits per heavy atom. The number of carbonyl (C=O) groups is 3. The molecule has 0 aromatic heterocycles. The largest absolute Gasteiger partial charge is 0.347 e. The van der Waals surface area contributed by atoms with Crippen LogP contribution in [0.1, 0.15) is 6.42 Å². The first-order valence-electron chi connectivity index (χ1n) is 5.51. The number of hydrogen-bond acceptors (Lipinski definition) is 4. The standard InChI is InChI=1S/C10H16N4O3/c1-13(2)7(15)5-14-8(16)10(12-9(14)17)3-4-11-6-10/h11H,3-6H2,1-2H3,(H,12,17). The van der Waals surface area contributed by atoms with Crippen LogP contribution >= 0.6 is 0 Å². The minimum Gasteiger partial charge on any atom is -0.347 e. The number of hydrogen-bond donors (Lipinski definition) is 2. The maximum Gasteiger partial charge on any atom is 0.325 e. The van der Waals surface area contributed by atoms with Gasteiger partial charge >= 0.3 is 6.03 Å². The highest BCUT2D eigenvalue weighted by Crippen LogP contribution is 2.23. The fraction of sp³-hybridized carbons (Fsp3) is 0.700. The molecule has 2 rings (SSSR count). The second kappa shape index (κ2) is 3.99. The van der Waals surface area contributed by atoms with E-state index < -0.39 is 11.6 Å². The molecule has 2 heterocycles. The molecule has 0 bridgehead atoms. The van der Waals surface area contributed by atoms with Gasteiger partial charge < -0.3 is 15.5 Å². The molecule has 2 saturated heterocycles. The van der Waals surface area contributed by atoms with E-state index in [0.717, 1.165) is 4.90 Å². The number of carbonyl (C=O) groups excluding carboxylic acids is 3. The van der Waals surface area contributed by atoms with Crippen molar-refractivity contribution >= 4 is 17.8 Å². The van der Waals surface area contributed by atoms with E-state index in [1.165, 1.54) is 4.90 Å². The van der Waals surface area contributed by atoms with Crippen LogP contribution in [0.2, 0.25) is 0 Å². The Morgan fingerprint density at radius 2 is 2.18 bits per heavy atom. The predicted octanol–water partition coefficient (Wildman–Crippen LogP) is -1.64. The van der Waals surface area contributed by atoms with Crippen LogP contribution in [0.4, 0.5) is 4.79 Å². The summed E-state index contributed by atoms with van der Waals surface area (Å²) in [4.78, 5) is 37.7. The normalized spacial score (nSPS) is 27.8. The summed E-state index contributed by atoms with van der Waals surface area (Å²) in [5, 5.41) is 5.72. The molecule has 0 radical (unpaired) electrons. The van der Waals surface area contributed by atoms with Crippen molar-refractivity contribution in [2.45, 2.75) is 12.0 Å². The average Bonchev–Trinajstić information content (AvgIpc) is 2.81. The fourth-order valence-electron chi connectivity index (χ4n) is 2.08. The Morgan fingerprint density at radius 1 is 1.47 bits per heavy atom. The zero-order valence-corrected chi connectivity index (χ0v) is 9.95. The van der Waals surface area contributed by atoms with E-state index >= 15 is 0 Å². The van der Waals surface area contributed by atoms with Crippen molar-refractivity contribution in [1.29, 1.82) is 0 Å². The van der Waals surface area contributed by atoms with Gasteiger partial charge in [0.15, 0.2) is 0 Å². The van der Waals surface area contributed by atoms with E-state index in [4.69, 9.17) is 0 Å². The van der Waals surface area contributed by atoms with Crippen molar-refractivity contribution in [3.63, 3.8) is 0 Å². The molecule has 2 aliphatic heterocycles. The molecule has 7 nitrogen and oxygen atoms in total. The molecule has 2 N–H and O–H groups in total. The Bertz CT molecular complexity index is 374. The van der Waals surface area contributed by atoms with Gasteiger partial charge in [-0.25, -0.2) is 4.79 Å². The third kappa shape index (κ3) is 1.86. The summed E-state index contributed by atoms with van der Waals surface area (Å²) in [5.74, 6) is -0.570. The number of nitrogens with one attached hydrogen (secondary N) is 2. The van der Waals surface area contributed by atoms with E-state index in [2.05, 4.69) is 10.6 Å². The molecule has 4 amide bonds. The van der Waals surface area contributed by atoms with Crippen molar-refractivity contribution in [3.05, 3.63) is 0 Å². The zero-order chi connectivity index (χ0) is 12.6. The lowest BCUT2D eigenvalue weighted by Gasteiger charge is -2.19. The van der Waals surface area contributed by atoms with Crippen molar-refractivity contribution in [2.75, 3.05) is 33.7 Å². The Balaban J connectivity index is 2.12. The third-order valence-corrected chi connectivity index (χ3v) is 3.19. The molecule has 0 saturated carbocycles. The van der Waals surface area contributed by atoms with Crippen LogP contribution in [0.25, 0.3) is 0 Å². The average molecular weight is 240 g/mol. The molecule has 7 heteroatoms. The number of imide groups is 1. The van der Waals surface area contributed by atoms with Crippen LogP contribution in [0.3, 0.4) is 0 Å². The van der Waals surface area contributed by atoms with Gasteiger partial charge in [-0.2, -0.15) is 0 Å². The van der Waals surface area contributed by atoms with Crippen LogP contribution in [0.5, 0.6) is 0 Å². The number of rotatable bonds is 2. The summed E-state index contributed by atoms with van der Waals surface area (Å²) in [6, 6.07) is -0.478. The summed E-state index contributed by atoms with van der Waals surface area (Å²) in [6.07, 6.45) is 0.574. The zero-order valence-electron chi connectivity index (χ0n) is 9.95. The van der Waals surface area contributed by atoms with E-state index in [-0.39, 0.29) is 18.4 Å². The SMILES string of the molecule is CN(C)C(=O)CN1C(=O)NC2(CCNC2)C1=O. The van der Waals surface area contributed by atoms with Gasteiger partial charge in [0.05, 0.1) is 0 Å². The van der Waals surface area contributed by atoms with E-state index in [1.54, 1.807) is 14.1 Å². The third-order valence-electron chi connectivity index (χ3n) is 3.19. The van der Waals surface area contributed by atoms with Gasteiger partial charge in [-0.3, -0.25) is 14.5 Å². The lowest BCUT2D eigenvalue weighted by molar-refractivity contribution is -0.137. The van der Waals surface area contributed by atoms with Gasteiger partial charge in [0.1, 0.15) is 12.1 Å². The monoisotopic (exact) mass is 240 g/mol. The van der Waals surface area contributed by atoms with Crippen molar-refractivity contribution in [1.82, 2.24) is 20.4 Å². The number of likely N-dealkylation sites (N-methyl/N-ethyl adjacent to an activating group) is 1. The fourth-order valence-corrected chi connectivity index (χ4v) is 2.08. The number of urea groups is 1. The highest BCUT2D eigenvalue weighted by atomic mass is 16.2. The molecule has 17 heavy (non-hydrogen) atoms. The second-order valence-electron chi connectivity index (χ2n) is 4.62. The van der Waals surface area contributed by atoms with Crippen LogP contribution in [0.15, 0.2) is 0 Å². The lowest BCUT2D eigenvalue weighted by Crippen LogP contribution is -2.49. The van der Waals surface area contributed by atoms with E-state index in [9.17, 15) is 14.4 Å². The minimum atomic E-state index is -0.830. The van der Waals surface area contributed by atoms with Gasteiger partial charge in [-0.1, -0.05) is 0 Å². The summed E-state index contributed by atoms with van der Waals surface area (Å²) in [6.45, 7) is 0.936. The first-order valence-corrected chi connectivity index (χ1v) is 5.51. The van der Waals surface area contributed by atoms with Gasteiger partial charge in [0, 0.05) is 20.6 Å². The van der Waals surface area contributed by atoms with Crippen LogP contribution < -0.4 is 10.6 Å². The van der Waals surface area contributed by atoms with Crippen LogP contribution in [-0.2, 0) is 9.59 Å². The first kappa shape index (κ1) is 11.8. The highest BCUT2D eigenvalue weighted by Gasteiger charge is 2.52. The maximum atomic E-state index is 12.1. The molecule has 1 atom stereocenters. The number of nitrogens with zero attached hydrogens (tertiary/aromatic N) is 2. The molecule has 1 spiro atoms. The van der Waals surface area contributed by atoms with Gasteiger partial charge in [0.2, 0.25) is 5.91 Å². The Labute approximate surface area is 99.1 Å². The molecule has 94 valence electrons. The second-order valence-corrected chi connectivity index (χ2v) is 4.62. The topological polar surface area (TPSA) is 81.8 Å². The maximum absolute atomic E-state index is 12.1. The van der Waals surface area contributed by atoms with Crippen LogP contribution in [-0.4, -0.2) is 66.9 Å². The van der Waals surface area contributed by atoms with Crippen molar-refractivity contribution in [3.8, 4) is 0 Å². The molecule has 0 aliphatic carbocycles. The molecular weight excluding hydrogens is 224 g/mol. The van der Waals surface area contributed by atoms with Gasteiger partial charge in [-0.15, -0.1) is 0 Å². The molecule has 2 aliphatic rings. The van der Waals surface area contributed by atoms with Gasteiger partial charge in [-0.05, 0) is 13.0 Å². The van der Waals surface area contributed by atoms with E-state index in [0.29, 0.717) is 19.5 Å². The Hall–Kier alpha value is -1.63. The quantitative estimate of drug-likeness (QED) is 0.567. The summed E-state index contributed by atoms with van der Waals surface area (Å²) < 4.78 is 0. The van der Waals surface area contributed by atoms with Crippen molar-refractivity contribution < 1.29 is 14.4 Å². The summed E-state index contributed by atoms with van der Waals surface area (Å²) >= 11 is 0. The minimum absolute atomic E-state index is 0.195. The van der Waals surface area contributed by atoms with Crippen molar-refractivity contribution in [2.24, 2.45) is 0 Å². The summed E-state index contributed by atoms with van der Waals surface area (Å²) in [7, 11) is 3.18.